The SMILES string of the molecule is Nc1ccc(C2=NOC(=O)/C2=C\c2cccs2)cc1. The van der Waals surface area contributed by atoms with Crippen molar-refractivity contribution in [1.82, 2.24) is 0 Å². The number of nitrogens with two attached hydrogens (primary N) is 1. The van der Waals surface area contributed by atoms with Gasteiger partial charge in [-0.05, 0) is 29.7 Å². The third-order valence-electron chi connectivity index (χ3n) is 2.71. The molecule has 0 saturated carbocycles. The molecule has 0 atom stereocenters. The summed E-state index contributed by atoms with van der Waals surface area (Å²) in [5.74, 6) is -0.430. The van der Waals surface area contributed by atoms with E-state index >= 15 is 0 Å². The lowest BCUT2D eigenvalue weighted by molar-refractivity contribution is -0.136. The summed E-state index contributed by atoms with van der Waals surface area (Å²) >= 11 is 1.55. The molecule has 1 aromatic carbocycles. The van der Waals surface area contributed by atoms with Crippen LogP contribution in [-0.4, -0.2) is 11.7 Å². The molecule has 5 heteroatoms. The minimum Gasteiger partial charge on any atom is -0.399 e. The highest BCUT2D eigenvalue weighted by Gasteiger charge is 2.26. The molecule has 19 heavy (non-hydrogen) atoms. The number of carbonyl (C=O) groups is 1. The second kappa shape index (κ2) is 4.70. The maximum atomic E-state index is 11.7. The van der Waals surface area contributed by atoms with Gasteiger partial charge in [-0.1, -0.05) is 23.4 Å². The van der Waals surface area contributed by atoms with Gasteiger partial charge in [-0.3, -0.25) is 0 Å². The second-order valence-corrected chi connectivity index (χ2v) is 4.99. The highest BCUT2D eigenvalue weighted by Crippen LogP contribution is 2.23. The van der Waals surface area contributed by atoms with E-state index in [1.165, 1.54) is 0 Å². The van der Waals surface area contributed by atoms with Crippen molar-refractivity contribution >= 4 is 34.8 Å². The zero-order valence-corrected chi connectivity index (χ0v) is 10.7. The molecular weight excluding hydrogens is 260 g/mol. The van der Waals surface area contributed by atoms with Crippen molar-refractivity contribution < 1.29 is 9.63 Å². The van der Waals surface area contributed by atoms with Gasteiger partial charge >= 0.3 is 5.97 Å². The number of anilines is 1. The smallest absolute Gasteiger partial charge is 0.368 e. The van der Waals surface area contributed by atoms with E-state index in [1.54, 1.807) is 29.5 Å². The third-order valence-corrected chi connectivity index (χ3v) is 3.53. The molecule has 0 saturated heterocycles. The van der Waals surface area contributed by atoms with E-state index in [9.17, 15) is 4.79 Å². The molecule has 2 aromatic rings. The average molecular weight is 270 g/mol. The highest BCUT2D eigenvalue weighted by molar-refractivity contribution is 7.10. The Balaban J connectivity index is 2.01. The summed E-state index contributed by atoms with van der Waals surface area (Å²) in [4.78, 5) is 17.5. The van der Waals surface area contributed by atoms with Crippen molar-refractivity contribution in [1.29, 1.82) is 0 Å². The zero-order valence-electron chi connectivity index (χ0n) is 9.87. The van der Waals surface area contributed by atoms with Gasteiger partial charge in [0.2, 0.25) is 0 Å². The second-order valence-electron chi connectivity index (χ2n) is 4.01. The first-order valence-electron chi connectivity index (χ1n) is 5.65. The molecule has 0 aliphatic carbocycles. The van der Waals surface area contributed by atoms with Gasteiger partial charge in [-0.2, -0.15) is 0 Å². The molecule has 0 bridgehead atoms. The predicted octanol–water partition coefficient (Wildman–Crippen LogP) is 2.67. The molecule has 0 unspecified atom stereocenters. The number of rotatable bonds is 2. The minimum absolute atomic E-state index is 0.430. The lowest BCUT2D eigenvalue weighted by Gasteiger charge is -2.00. The topological polar surface area (TPSA) is 64.7 Å². The van der Waals surface area contributed by atoms with Gasteiger partial charge in [-0.15, -0.1) is 11.3 Å². The van der Waals surface area contributed by atoms with Gasteiger partial charge in [0.1, 0.15) is 5.71 Å². The van der Waals surface area contributed by atoms with Crippen LogP contribution in [0.15, 0.2) is 52.5 Å². The van der Waals surface area contributed by atoms with Crippen molar-refractivity contribution in [2.24, 2.45) is 5.16 Å². The Morgan fingerprint density at radius 3 is 2.68 bits per heavy atom. The maximum Gasteiger partial charge on any atom is 0.368 e. The lowest BCUT2D eigenvalue weighted by Crippen LogP contribution is -2.06. The lowest BCUT2D eigenvalue weighted by atomic mass is 10.0. The van der Waals surface area contributed by atoms with Crippen LogP contribution in [0.3, 0.4) is 0 Å². The molecule has 2 N–H and O–H groups in total. The number of hydrogen-bond donors (Lipinski definition) is 1. The van der Waals surface area contributed by atoms with Gasteiger partial charge in [0.15, 0.2) is 0 Å². The van der Waals surface area contributed by atoms with Gasteiger partial charge in [0.05, 0.1) is 5.57 Å². The summed E-state index contributed by atoms with van der Waals surface area (Å²) in [5.41, 5.74) is 8.12. The van der Waals surface area contributed by atoms with Crippen molar-refractivity contribution in [3.8, 4) is 0 Å². The normalized spacial score (nSPS) is 16.5. The van der Waals surface area contributed by atoms with Crippen LogP contribution in [0.1, 0.15) is 10.4 Å². The molecule has 3 rings (SSSR count). The monoisotopic (exact) mass is 270 g/mol. The van der Waals surface area contributed by atoms with E-state index < -0.39 is 5.97 Å². The Bertz CT molecular complexity index is 670. The maximum absolute atomic E-state index is 11.7. The first kappa shape index (κ1) is 11.7. The van der Waals surface area contributed by atoms with Crippen molar-refractivity contribution in [3.63, 3.8) is 0 Å². The van der Waals surface area contributed by atoms with Gasteiger partial charge in [0, 0.05) is 16.1 Å². The Labute approximate surface area is 113 Å². The molecule has 2 heterocycles. The van der Waals surface area contributed by atoms with Gasteiger partial charge in [0.25, 0.3) is 0 Å². The molecule has 0 spiro atoms. The van der Waals surface area contributed by atoms with Crippen molar-refractivity contribution in [2.45, 2.75) is 0 Å². The van der Waals surface area contributed by atoms with Crippen LogP contribution in [0.25, 0.3) is 6.08 Å². The van der Waals surface area contributed by atoms with E-state index in [2.05, 4.69) is 5.16 Å². The summed E-state index contributed by atoms with van der Waals surface area (Å²) in [6.07, 6.45) is 1.79. The molecule has 1 aliphatic heterocycles. The molecule has 0 radical (unpaired) electrons. The van der Waals surface area contributed by atoms with Crippen LogP contribution in [0.5, 0.6) is 0 Å². The third kappa shape index (κ3) is 2.28. The fraction of sp³-hybridized carbons (Fsp3) is 0. The number of benzene rings is 1. The Morgan fingerprint density at radius 2 is 2.00 bits per heavy atom. The van der Waals surface area contributed by atoms with Crippen LogP contribution >= 0.6 is 11.3 Å². The zero-order chi connectivity index (χ0) is 13.2. The first-order valence-corrected chi connectivity index (χ1v) is 6.53. The molecular formula is C14H10N2O2S. The van der Waals surface area contributed by atoms with Crippen LogP contribution in [0.2, 0.25) is 0 Å². The van der Waals surface area contributed by atoms with Gasteiger partial charge in [-0.25, -0.2) is 4.79 Å². The van der Waals surface area contributed by atoms with Crippen molar-refractivity contribution in [2.75, 3.05) is 5.73 Å². The summed E-state index contributed by atoms with van der Waals surface area (Å²) < 4.78 is 0. The number of thiophene rings is 1. The quantitative estimate of drug-likeness (QED) is 0.518. The predicted molar refractivity (Wildman–Crippen MR) is 75.8 cm³/mol. The minimum atomic E-state index is -0.430. The number of hydrogen-bond acceptors (Lipinski definition) is 5. The molecule has 4 nitrogen and oxygen atoms in total. The molecule has 1 aromatic heterocycles. The summed E-state index contributed by atoms with van der Waals surface area (Å²) in [7, 11) is 0. The Hall–Kier alpha value is -2.40. The largest absolute Gasteiger partial charge is 0.399 e. The van der Waals surface area contributed by atoms with E-state index in [4.69, 9.17) is 10.6 Å². The Morgan fingerprint density at radius 1 is 1.21 bits per heavy atom. The fourth-order valence-electron chi connectivity index (χ4n) is 1.77. The standard InChI is InChI=1S/C14H10N2O2S/c15-10-5-3-9(4-6-10)13-12(14(17)18-16-13)8-11-2-1-7-19-11/h1-8H,15H2/b12-8-. The van der Waals surface area contributed by atoms with Crippen molar-refractivity contribution in [3.05, 3.63) is 57.8 Å². The van der Waals surface area contributed by atoms with Crippen LogP contribution < -0.4 is 5.73 Å². The number of oxime groups is 1. The van der Waals surface area contributed by atoms with E-state index in [1.807, 2.05) is 29.6 Å². The molecule has 94 valence electrons. The fourth-order valence-corrected chi connectivity index (χ4v) is 2.43. The summed E-state index contributed by atoms with van der Waals surface area (Å²) in [5, 5.41) is 5.79. The number of nitrogens with zero attached hydrogens (tertiary/aromatic N) is 1. The van der Waals surface area contributed by atoms with Crippen LogP contribution in [0, 0.1) is 0 Å². The summed E-state index contributed by atoms with van der Waals surface area (Å²) in [6.45, 7) is 0. The number of carbonyl (C=O) groups excluding carboxylic acids is 1. The van der Waals surface area contributed by atoms with Gasteiger partial charge < -0.3 is 10.6 Å². The number of nitrogen functional groups attached to an aromatic ring is 1. The van der Waals surface area contributed by atoms with E-state index in [0.717, 1.165) is 10.4 Å². The van der Waals surface area contributed by atoms with Crippen LogP contribution in [0.4, 0.5) is 5.69 Å². The average Bonchev–Trinajstić information content (AvgIpc) is 3.03. The van der Waals surface area contributed by atoms with Crippen LogP contribution in [-0.2, 0) is 9.63 Å². The summed E-state index contributed by atoms with van der Waals surface area (Å²) in [6, 6.07) is 11.0. The molecule has 1 aliphatic rings. The molecule has 0 fully saturated rings. The Kier molecular flexibility index (Phi) is 2.89. The first-order chi connectivity index (χ1) is 9.24. The highest BCUT2D eigenvalue weighted by atomic mass is 32.1. The van der Waals surface area contributed by atoms with E-state index in [-0.39, 0.29) is 0 Å². The molecule has 0 amide bonds. The van der Waals surface area contributed by atoms with E-state index in [0.29, 0.717) is 17.0 Å².